The molecular formula is C24H22FN5O7S. The number of pyridine rings is 1. The maximum Gasteiger partial charge on any atom is 0.345 e. The standard InChI is InChI=1S/C24H22FN5O7S/c25-18-6-1-15(2-7-18)11-12-27-22(32)16-3-8-19(9-4-16)38(35,36)30-23(33)17-5-10-20(28-14-17)24(34)29-37-21(31)13-26/h1-10,14H,11-13,26H2,(H,27,32)(H,29,34)(H,30,33). The zero-order valence-corrected chi connectivity index (χ0v) is 20.5. The summed E-state index contributed by atoms with van der Waals surface area (Å²) in [6.07, 6.45) is 1.44. The number of rotatable bonds is 9. The van der Waals surface area contributed by atoms with Crippen molar-refractivity contribution < 1.29 is 36.8 Å². The lowest BCUT2D eigenvalue weighted by molar-refractivity contribution is -0.147. The molecule has 1 heterocycles. The van der Waals surface area contributed by atoms with Gasteiger partial charge in [0.2, 0.25) is 0 Å². The second kappa shape index (κ2) is 12.5. The van der Waals surface area contributed by atoms with Crippen LogP contribution in [0.15, 0.2) is 71.8 Å². The van der Waals surface area contributed by atoms with Gasteiger partial charge in [0.1, 0.15) is 11.5 Å². The molecule has 0 spiro atoms. The maximum atomic E-state index is 13.0. The lowest BCUT2D eigenvalue weighted by Crippen LogP contribution is -2.32. The summed E-state index contributed by atoms with van der Waals surface area (Å²) < 4.78 is 40.0. The predicted octanol–water partition coefficient (Wildman–Crippen LogP) is 0.459. The number of carbonyl (C=O) groups excluding carboxylic acids is 4. The largest absolute Gasteiger partial charge is 0.352 e. The molecule has 5 N–H and O–H groups in total. The van der Waals surface area contributed by atoms with Crippen LogP contribution in [0.2, 0.25) is 0 Å². The molecule has 14 heteroatoms. The van der Waals surface area contributed by atoms with E-state index in [9.17, 15) is 32.0 Å². The Morgan fingerprint density at radius 2 is 1.53 bits per heavy atom. The summed E-state index contributed by atoms with van der Waals surface area (Å²) in [5.74, 6) is -3.57. The molecule has 0 radical (unpaired) electrons. The van der Waals surface area contributed by atoms with Gasteiger partial charge in [-0.05, 0) is 60.5 Å². The highest BCUT2D eigenvalue weighted by Crippen LogP contribution is 2.12. The minimum Gasteiger partial charge on any atom is -0.352 e. The van der Waals surface area contributed by atoms with Crippen molar-refractivity contribution >= 4 is 33.7 Å². The van der Waals surface area contributed by atoms with E-state index >= 15 is 0 Å². The lowest BCUT2D eigenvalue weighted by Gasteiger charge is -2.09. The highest BCUT2D eigenvalue weighted by Gasteiger charge is 2.20. The number of hydrogen-bond acceptors (Lipinski definition) is 9. The van der Waals surface area contributed by atoms with E-state index in [1.165, 1.54) is 36.4 Å². The average molecular weight is 544 g/mol. The Morgan fingerprint density at radius 3 is 2.13 bits per heavy atom. The summed E-state index contributed by atoms with van der Waals surface area (Å²) in [4.78, 5) is 55.4. The second-order valence-electron chi connectivity index (χ2n) is 7.63. The minimum atomic E-state index is -4.29. The fourth-order valence-corrected chi connectivity index (χ4v) is 3.93. The van der Waals surface area contributed by atoms with E-state index < -0.39 is 40.3 Å². The van der Waals surface area contributed by atoms with Crippen molar-refractivity contribution in [1.29, 1.82) is 0 Å². The summed E-state index contributed by atoms with van der Waals surface area (Å²) in [6, 6.07) is 13.1. The molecule has 0 saturated heterocycles. The van der Waals surface area contributed by atoms with Gasteiger partial charge < -0.3 is 15.9 Å². The first-order valence-electron chi connectivity index (χ1n) is 10.9. The number of amides is 3. The number of benzene rings is 2. The summed E-state index contributed by atoms with van der Waals surface area (Å²) in [5.41, 5.74) is 7.53. The Morgan fingerprint density at radius 1 is 0.868 bits per heavy atom. The first-order valence-corrected chi connectivity index (χ1v) is 12.4. The highest BCUT2D eigenvalue weighted by atomic mass is 32.2. The van der Waals surface area contributed by atoms with Gasteiger partial charge in [-0.1, -0.05) is 12.1 Å². The third-order valence-corrected chi connectivity index (χ3v) is 6.30. The Kier molecular flexibility index (Phi) is 9.18. The molecule has 198 valence electrons. The molecule has 0 aliphatic heterocycles. The molecule has 0 aliphatic rings. The minimum absolute atomic E-state index is 0.166. The zero-order chi connectivity index (χ0) is 27.7. The van der Waals surface area contributed by atoms with E-state index in [0.717, 1.165) is 23.9 Å². The summed E-state index contributed by atoms with van der Waals surface area (Å²) in [6.45, 7) is -0.163. The fourth-order valence-electron chi connectivity index (χ4n) is 2.96. The van der Waals surface area contributed by atoms with Gasteiger partial charge in [-0.3, -0.25) is 19.4 Å². The number of nitrogens with two attached hydrogens (primary N) is 1. The van der Waals surface area contributed by atoms with Gasteiger partial charge in [-0.15, -0.1) is 0 Å². The number of halogens is 1. The van der Waals surface area contributed by atoms with Crippen molar-refractivity contribution in [2.24, 2.45) is 5.73 Å². The van der Waals surface area contributed by atoms with Crippen molar-refractivity contribution in [3.63, 3.8) is 0 Å². The number of hydroxylamine groups is 1. The molecule has 2 aromatic carbocycles. The molecule has 0 bridgehead atoms. The zero-order valence-electron chi connectivity index (χ0n) is 19.6. The predicted molar refractivity (Wildman–Crippen MR) is 130 cm³/mol. The van der Waals surface area contributed by atoms with E-state index in [1.807, 2.05) is 10.2 Å². The number of hydrogen-bond donors (Lipinski definition) is 4. The van der Waals surface area contributed by atoms with Gasteiger partial charge in [-0.2, -0.15) is 5.48 Å². The third-order valence-electron chi connectivity index (χ3n) is 4.95. The third kappa shape index (κ3) is 7.65. The fraction of sp³-hybridized carbons (Fsp3) is 0.125. The van der Waals surface area contributed by atoms with Crippen LogP contribution in [0.25, 0.3) is 0 Å². The Labute approximate surface area is 216 Å². The van der Waals surface area contributed by atoms with Crippen molar-refractivity contribution in [1.82, 2.24) is 20.5 Å². The van der Waals surface area contributed by atoms with Crippen LogP contribution >= 0.6 is 0 Å². The normalized spacial score (nSPS) is 10.8. The van der Waals surface area contributed by atoms with Gasteiger partial charge in [-0.25, -0.2) is 22.3 Å². The average Bonchev–Trinajstić information content (AvgIpc) is 2.92. The highest BCUT2D eigenvalue weighted by molar-refractivity contribution is 7.90. The van der Waals surface area contributed by atoms with E-state index in [4.69, 9.17) is 5.73 Å². The summed E-state index contributed by atoms with van der Waals surface area (Å²) in [7, 11) is -4.29. The number of nitrogens with one attached hydrogen (secondary N) is 3. The van der Waals surface area contributed by atoms with Gasteiger partial charge in [0.15, 0.2) is 0 Å². The molecule has 3 amide bonds. The number of carbonyl (C=O) groups is 4. The number of aromatic nitrogens is 1. The number of sulfonamides is 1. The van der Waals surface area contributed by atoms with Crippen LogP contribution < -0.4 is 21.3 Å². The van der Waals surface area contributed by atoms with Gasteiger partial charge in [0, 0.05) is 18.3 Å². The molecule has 1 aromatic heterocycles. The van der Waals surface area contributed by atoms with Gasteiger partial charge in [0.25, 0.3) is 21.8 Å². The van der Waals surface area contributed by atoms with Crippen LogP contribution in [0.4, 0.5) is 4.39 Å². The molecule has 0 aliphatic carbocycles. The molecule has 0 fully saturated rings. The van der Waals surface area contributed by atoms with Crippen molar-refractivity contribution in [3.05, 3.63) is 95.1 Å². The molecule has 3 rings (SSSR count). The van der Waals surface area contributed by atoms with Crippen LogP contribution in [0.3, 0.4) is 0 Å². The molecule has 0 saturated carbocycles. The topological polar surface area (TPSA) is 187 Å². The van der Waals surface area contributed by atoms with Crippen LogP contribution in [0.1, 0.15) is 36.8 Å². The molecule has 0 atom stereocenters. The monoisotopic (exact) mass is 543 g/mol. The van der Waals surface area contributed by atoms with Crippen molar-refractivity contribution in [2.45, 2.75) is 11.3 Å². The summed E-state index contributed by atoms with van der Waals surface area (Å²) in [5, 5.41) is 2.69. The molecule has 3 aromatic rings. The molecule has 38 heavy (non-hydrogen) atoms. The van der Waals surface area contributed by atoms with Crippen molar-refractivity contribution in [3.8, 4) is 0 Å². The Balaban J connectivity index is 1.55. The maximum absolute atomic E-state index is 13.0. The van der Waals surface area contributed by atoms with Crippen molar-refractivity contribution in [2.75, 3.05) is 13.1 Å². The summed E-state index contributed by atoms with van der Waals surface area (Å²) >= 11 is 0. The quantitative estimate of drug-likeness (QED) is 0.278. The first kappa shape index (κ1) is 27.9. The Bertz CT molecular complexity index is 1430. The Hall–Kier alpha value is -4.69. The lowest BCUT2D eigenvalue weighted by atomic mass is 10.1. The first-order chi connectivity index (χ1) is 18.1. The van der Waals surface area contributed by atoms with Crippen LogP contribution in [0, 0.1) is 5.82 Å². The number of nitrogens with zero attached hydrogens (tertiary/aromatic N) is 1. The molecular weight excluding hydrogens is 521 g/mol. The van der Waals surface area contributed by atoms with E-state index in [-0.39, 0.29) is 34.1 Å². The van der Waals surface area contributed by atoms with E-state index in [2.05, 4.69) is 15.1 Å². The van der Waals surface area contributed by atoms with Crippen LogP contribution in [-0.2, 0) is 26.1 Å². The second-order valence-corrected chi connectivity index (χ2v) is 9.32. The van der Waals surface area contributed by atoms with Gasteiger partial charge in [0.05, 0.1) is 17.0 Å². The van der Waals surface area contributed by atoms with E-state index in [0.29, 0.717) is 6.42 Å². The van der Waals surface area contributed by atoms with Crippen LogP contribution in [0.5, 0.6) is 0 Å². The molecule has 12 nitrogen and oxygen atoms in total. The smallest absolute Gasteiger partial charge is 0.345 e. The van der Waals surface area contributed by atoms with Gasteiger partial charge >= 0.3 is 11.9 Å². The van der Waals surface area contributed by atoms with E-state index in [1.54, 1.807) is 12.1 Å². The molecule has 0 unspecified atom stereocenters. The van der Waals surface area contributed by atoms with Crippen LogP contribution in [-0.4, -0.2) is 50.2 Å². The SMILES string of the molecule is NCC(=O)ONC(=O)c1ccc(C(=O)NS(=O)(=O)c2ccc(C(=O)NCCc3ccc(F)cc3)cc2)cn1.